The van der Waals surface area contributed by atoms with Crippen LogP contribution in [0.5, 0.6) is 0 Å². The predicted octanol–water partition coefficient (Wildman–Crippen LogP) is 15.5. The highest BCUT2D eigenvalue weighted by Crippen LogP contribution is 2.44. The predicted molar refractivity (Wildman–Crippen MR) is 502 cm³/mol. The van der Waals surface area contributed by atoms with E-state index in [0.717, 1.165) is 85.0 Å². The van der Waals surface area contributed by atoms with Gasteiger partial charge in [0.2, 0.25) is 0 Å². The van der Waals surface area contributed by atoms with Crippen molar-refractivity contribution in [1.82, 2.24) is 0 Å². The molecular formula is C101H129Cl3N6O12. The van der Waals surface area contributed by atoms with Gasteiger partial charge in [0.15, 0.2) is 0 Å². The molecule has 18 nitrogen and oxygen atoms in total. The molecule has 656 valence electrons. The van der Waals surface area contributed by atoms with Gasteiger partial charge in [-0.15, -0.1) is 0 Å². The van der Waals surface area contributed by atoms with E-state index >= 15 is 0 Å². The van der Waals surface area contributed by atoms with Crippen molar-refractivity contribution in [2.75, 3.05) is 181 Å². The summed E-state index contributed by atoms with van der Waals surface area (Å²) in [4.78, 5) is 12.1. The number of aliphatic hydroxyl groups is 12. The van der Waals surface area contributed by atoms with Crippen LogP contribution in [0.4, 0.5) is 34.1 Å². The van der Waals surface area contributed by atoms with Crippen molar-refractivity contribution < 1.29 is 61.3 Å². The van der Waals surface area contributed by atoms with Gasteiger partial charge in [0.25, 0.3) is 0 Å². The SMILES string of the molecule is CC(C)(C)C(c1ccc(Cl)cc1)c1ccc(N(CCO)CCO)cc1.CCCC(c1ccc(N(CCO)CCO)cc1)c1ccc(N(CCO)CCO)cc1.OCCN(CCO)c1ccc(C(c2ccc(Cl)cc2)c2ccc(C3CCCC(O)C3)cc2)cc1.OCCN(CCO)c1ccc(C(c2ccc(Cl)cc2)c2ccc3c(c2)CCN3CCO)cc1. The molecule has 21 heteroatoms. The van der Waals surface area contributed by atoms with Gasteiger partial charge < -0.3 is 90.7 Å². The summed E-state index contributed by atoms with van der Waals surface area (Å²) in [5.41, 5.74) is 20.9. The summed E-state index contributed by atoms with van der Waals surface area (Å²) in [6.07, 6.45) is 6.87. The van der Waals surface area contributed by atoms with E-state index in [2.05, 4.69) is 233 Å². The van der Waals surface area contributed by atoms with Gasteiger partial charge in [0.05, 0.1) is 78.8 Å². The molecule has 1 heterocycles. The molecule has 5 atom stereocenters. The summed E-state index contributed by atoms with van der Waals surface area (Å²) in [5, 5.41) is 115. The van der Waals surface area contributed by atoms with Crippen molar-refractivity contribution in [1.29, 1.82) is 0 Å². The molecule has 12 N–H and O–H groups in total. The van der Waals surface area contributed by atoms with Crippen molar-refractivity contribution in [3.63, 3.8) is 0 Å². The van der Waals surface area contributed by atoms with E-state index in [1.54, 1.807) is 0 Å². The molecule has 2 aliphatic rings. The first-order valence-corrected chi connectivity index (χ1v) is 44.3. The Morgan fingerprint density at radius 3 is 0.943 bits per heavy atom. The fraction of sp³-hybridized carbons (Fsp3) is 0.406. The largest absolute Gasteiger partial charge is 0.395 e. The van der Waals surface area contributed by atoms with Crippen molar-refractivity contribution in [2.24, 2.45) is 5.41 Å². The van der Waals surface area contributed by atoms with Crippen molar-refractivity contribution in [2.45, 2.75) is 108 Å². The second-order valence-corrected chi connectivity index (χ2v) is 33.6. The molecule has 5 unspecified atom stereocenters. The standard InChI is InChI=1S/C29H34ClNO3.C27H31ClN2O3.C24H36N2O4.C21H28ClNO2/c30-26-12-8-23(9-13-26)29(24-10-14-27(15-11-24)31(16-18-32)17-19-33)22-6-4-21(5-7-22)25-2-1-3-28(34)20-25;28-24-6-1-20(2-7-24)27(21-3-8-25(9-4-21)29(13-16-31)14-17-32)23-5-10-26-22(19-23)11-12-30(26)15-18-33;1-2-3-24(20-4-8-22(9-5-20)25(12-16-27)13-17-28)21-6-10-23(11-7-21)26(14-18-29)15-19-30;1-21(2,3)20(16-4-8-18(22)9-5-16)17-6-10-19(11-7-17)23(12-14-24)13-15-25/h4-15,25,28-29,32-34H,1-3,16-20H2;1-10,19,27,31-33H,11-18H2;4-11,24,27-30H,2-3,12-19H2,1H3;4-11,20,24-25H,12-15H2,1-3H3. The number of anilines is 6. The molecule has 0 bridgehead atoms. The highest BCUT2D eigenvalue weighted by atomic mass is 35.5. The monoisotopic (exact) mass is 1720 g/mol. The molecule has 1 aliphatic carbocycles. The lowest BCUT2D eigenvalue weighted by Crippen LogP contribution is -2.29. The normalized spacial score (nSPS) is 14.4. The summed E-state index contributed by atoms with van der Waals surface area (Å²) < 4.78 is 0. The van der Waals surface area contributed by atoms with Crippen molar-refractivity contribution in [3.8, 4) is 0 Å². The van der Waals surface area contributed by atoms with Crippen molar-refractivity contribution >= 4 is 68.9 Å². The highest BCUT2D eigenvalue weighted by Gasteiger charge is 2.30. The summed E-state index contributed by atoms with van der Waals surface area (Å²) in [6.45, 7) is 16.1. The number of hydrogen-bond acceptors (Lipinski definition) is 18. The lowest BCUT2D eigenvalue weighted by atomic mass is 9.72. The molecule has 0 spiro atoms. The average Bonchev–Trinajstić information content (AvgIpc) is 1.71. The van der Waals surface area contributed by atoms with Crippen molar-refractivity contribution in [3.05, 3.63) is 318 Å². The first kappa shape index (κ1) is 97.2. The third-order valence-electron chi connectivity index (χ3n) is 23.0. The maximum Gasteiger partial charge on any atom is 0.0606 e. The molecule has 122 heavy (non-hydrogen) atoms. The Hall–Kier alpha value is -8.61. The number of rotatable bonds is 40. The maximum atomic E-state index is 10.1. The molecular weight excluding hydrogens is 1600 g/mol. The molecule has 1 aliphatic heterocycles. The van der Waals surface area contributed by atoms with Gasteiger partial charge in [0, 0.05) is 151 Å². The number of fused-ring (bicyclic) bond motifs is 1. The van der Waals surface area contributed by atoms with Crippen LogP contribution in [0.2, 0.25) is 15.1 Å². The Kier molecular flexibility index (Phi) is 40.6. The smallest absolute Gasteiger partial charge is 0.0606 e. The second kappa shape index (κ2) is 51.0. The van der Waals surface area contributed by atoms with Crippen LogP contribution in [0.15, 0.2) is 237 Å². The van der Waals surface area contributed by atoms with E-state index in [4.69, 9.17) is 34.8 Å². The van der Waals surface area contributed by atoms with Crippen LogP contribution >= 0.6 is 34.8 Å². The van der Waals surface area contributed by atoms with Crippen LogP contribution < -0.4 is 29.4 Å². The molecule has 10 aromatic rings. The van der Waals surface area contributed by atoms with Gasteiger partial charge in [0.1, 0.15) is 0 Å². The van der Waals surface area contributed by atoms with Crippen LogP contribution in [0.1, 0.15) is 163 Å². The topological polar surface area (TPSA) is 262 Å². The average molecular weight is 1730 g/mol. The number of aliphatic hydroxyl groups excluding tert-OH is 12. The summed E-state index contributed by atoms with van der Waals surface area (Å²) in [6, 6.07) is 81.5. The lowest BCUT2D eigenvalue weighted by Gasteiger charge is -2.32. The van der Waals surface area contributed by atoms with E-state index in [-0.39, 0.29) is 108 Å². The minimum atomic E-state index is -0.185. The molecule has 0 amide bonds. The third kappa shape index (κ3) is 28.2. The van der Waals surface area contributed by atoms with E-state index in [1.807, 2.05) is 60.9 Å². The van der Waals surface area contributed by atoms with Gasteiger partial charge in [-0.05, 0) is 213 Å². The molecule has 0 saturated heterocycles. The van der Waals surface area contributed by atoms with Crippen LogP contribution in [0.25, 0.3) is 0 Å². The molecule has 0 aromatic heterocycles. The second-order valence-electron chi connectivity index (χ2n) is 32.3. The van der Waals surface area contributed by atoms with Gasteiger partial charge in [-0.1, -0.05) is 209 Å². The quantitative estimate of drug-likeness (QED) is 0.0159. The summed E-state index contributed by atoms with van der Waals surface area (Å²) in [7, 11) is 0. The first-order valence-electron chi connectivity index (χ1n) is 43.1. The minimum absolute atomic E-state index is 0.0393. The summed E-state index contributed by atoms with van der Waals surface area (Å²) >= 11 is 18.4. The Balaban J connectivity index is 0.000000186. The van der Waals surface area contributed by atoms with Crippen LogP contribution in [0, 0.1) is 5.41 Å². The fourth-order valence-electron chi connectivity index (χ4n) is 17.1. The van der Waals surface area contributed by atoms with Gasteiger partial charge in [-0.25, -0.2) is 0 Å². The zero-order valence-corrected chi connectivity index (χ0v) is 73.6. The lowest BCUT2D eigenvalue weighted by molar-refractivity contribution is 0.119. The fourth-order valence-corrected chi connectivity index (χ4v) is 17.5. The van der Waals surface area contributed by atoms with Gasteiger partial charge >= 0.3 is 0 Å². The zero-order chi connectivity index (χ0) is 87.3. The number of halogens is 3. The van der Waals surface area contributed by atoms with Gasteiger partial charge in [-0.2, -0.15) is 0 Å². The molecule has 1 fully saturated rings. The first-order chi connectivity index (χ1) is 59.3. The number of hydrogen-bond donors (Lipinski definition) is 12. The Morgan fingerprint density at radius 1 is 0.352 bits per heavy atom. The van der Waals surface area contributed by atoms with E-state index in [1.165, 1.54) is 72.4 Å². The van der Waals surface area contributed by atoms with Crippen LogP contribution in [-0.4, -0.2) is 219 Å². The number of benzene rings is 10. The van der Waals surface area contributed by atoms with Crippen LogP contribution in [0.3, 0.4) is 0 Å². The number of β-amino-alcohol motifs (C(OH)–C–C–N with tert-alkyl or cyclic N) is 1. The highest BCUT2D eigenvalue weighted by molar-refractivity contribution is 6.31. The number of nitrogens with zero attached hydrogens (tertiary/aromatic N) is 6. The molecule has 1 saturated carbocycles. The van der Waals surface area contributed by atoms with Crippen LogP contribution in [-0.2, 0) is 6.42 Å². The molecule has 10 aromatic carbocycles. The molecule has 0 radical (unpaired) electrons. The maximum absolute atomic E-state index is 10.1. The van der Waals surface area contributed by atoms with E-state index in [0.29, 0.717) is 88.0 Å². The summed E-state index contributed by atoms with van der Waals surface area (Å²) in [5.74, 6) is 1.07. The Bertz CT molecular complexity index is 4440. The van der Waals surface area contributed by atoms with E-state index in [9.17, 15) is 61.3 Å². The Labute approximate surface area is 738 Å². The minimum Gasteiger partial charge on any atom is -0.395 e. The van der Waals surface area contributed by atoms with Gasteiger partial charge in [-0.3, -0.25) is 0 Å². The van der Waals surface area contributed by atoms with E-state index < -0.39 is 0 Å². The third-order valence-corrected chi connectivity index (χ3v) is 23.8. The molecule has 12 rings (SSSR count). The Morgan fingerprint density at radius 2 is 0.639 bits per heavy atom. The zero-order valence-electron chi connectivity index (χ0n) is 71.4.